The van der Waals surface area contributed by atoms with Gasteiger partial charge in [0.25, 0.3) is 0 Å². The number of hydrogen-bond acceptors (Lipinski definition) is 4. The molecule has 0 aliphatic heterocycles. The van der Waals surface area contributed by atoms with Crippen LogP contribution in [0.15, 0.2) is 40.8 Å². The van der Waals surface area contributed by atoms with Crippen molar-refractivity contribution in [2.75, 3.05) is 39.1 Å². The number of aryl methyl sites for hydroxylation is 1. The predicted molar refractivity (Wildman–Crippen MR) is 109 cm³/mol. The molecular weight excluding hydrogens is 428 g/mol. The molecule has 0 amide bonds. The molecule has 0 spiro atoms. The van der Waals surface area contributed by atoms with Crippen molar-refractivity contribution < 1.29 is 21.5 Å². The number of hydrogen-bond donors (Lipinski definition) is 0. The smallest absolute Gasteiger partial charge is 0.249 e. The van der Waals surface area contributed by atoms with E-state index in [-0.39, 0.29) is 17.0 Å². The summed E-state index contributed by atoms with van der Waals surface area (Å²) in [6.07, 6.45) is 4.64. The van der Waals surface area contributed by atoms with E-state index in [1.165, 1.54) is 0 Å². The molecule has 8 heteroatoms. The fourth-order valence-corrected chi connectivity index (χ4v) is 2.74. The van der Waals surface area contributed by atoms with E-state index in [0.717, 1.165) is 29.7 Å². The fourth-order valence-electron chi connectivity index (χ4n) is 2.53. The van der Waals surface area contributed by atoms with Gasteiger partial charge in [-0.2, -0.15) is 0 Å². The van der Waals surface area contributed by atoms with E-state index >= 15 is 0 Å². The van der Waals surface area contributed by atoms with Crippen LogP contribution in [0.25, 0.3) is 0 Å². The van der Waals surface area contributed by atoms with Crippen LogP contribution in [0.1, 0.15) is 20.3 Å². The zero-order valence-corrected chi connectivity index (χ0v) is 19.4. The van der Waals surface area contributed by atoms with Gasteiger partial charge in [-0.1, -0.05) is 11.6 Å². The van der Waals surface area contributed by atoms with Crippen LogP contribution in [-0.2, 0) is 7.05 Å². The number of imidazole rings is 1. The first kappa shape index (κ1) is 23.6. The van der Waals surface area contributed by atoms with Crippen molar-refractivity contribution in [1.29, 1.82) is 0 Å². The maximum absolute atomic E-state index is 6.43. The molecule has 1 unspecified atom stereocenters. The highest BCUT2D eigenvalue weighted by molar-refractivity contribution is 6.33. The minimum Gasteiger partial charge on any atom is -1.00 e. The van der Waals surface area contributed by atoms with Crippen LogP contribution < -0.4 is 21.9 Å². The zero-order chi connectivity index (χ0) is 19.3. The Morgan fingerprint density at radius 3 is 2.48 bits per heavy atom. The van der Waals surface area contributed by atoms with Gasteiger partial charge in [-0.25, -0.2) is 4.98 Å². The summed E-state index contributed by atoms with van der Waals surface area (Å²) in [5.41, 5.74) is 1.76. The average molecular weight is 458 g/mol. The SMILES string of the molecule is CCN(CCC(C)[N+](C)(C)C)c1ccc(/N=N/c2nccn2C)c(Cl)c1.[Br-]. The van der Waals surface area contributed by atoms with Crippen LogP contribution in [0.2, 0.25) is 5.02 Å². The van der Waals surface area contributed by atoms with Crippen LogP contribution in [0.3, 0.4) is 0 Å². The summed E-state index contributed by atoms with van der Waals surface area (Å²) >= 11 is 6.43. The topological polar surface area (TPSA) is 45.8 Å². The first-order valence-corrected chi connectivity index (χ1v) is 9.34. The van der Waals surface area contributed by atoms with E-state index in [9.17, 15) is 0 Å². The molecule has 27 heavy (non-hydrogen) atoms. The van der Waals surface area contributed by atoms with Crippen molar-refractivity contribution >= 4 is 28.9 Å². The molecule has 1 atom stereocenters. The van der Waals surface area contributed by atoms with E-state index in [4.69, 9.17) is 11.6 Å². The largest absolute Gasteiger partial charge is 1.00 e. The van der Waals surface area contributed by atoms with Crippen LogP contribution in [0, 0.1) is 0 Å². The second-order valence-corrected chi connectivity index (χ2v) is 7.91. The lowest BCUT2D eigenvalue weighted by Crippen LogP contribution is -3.00. The number of quaternary nitrogens is 1. The van der Waals surface area contributed by atoms with Gasteiger partial charge in [0.05, 0.1) is 32.2 Å². The molecule has 0 bridgehead atoms. The Labute approximate surface area is 178 Å². The van der Waals surface area contributed by atoms with Crippen LogP contribution in [-0.4, -0.2) is 54.3 Å². The third-order valence-electron chi connectivity index (χ3n) is 4.86. The molecule has 1 heterocycles. The Balaban J connectivity index is 0.00000364. The molecule has 150 valence electrons. The maximum atomic E-state index is 6.43. The maximum Gasteiger partial charge on any atom is 0.249 e. The number of azo groups is 1. The second-order valence-electron chi connectivity index (χ2n) is 7.51. The first-order valence-electron chi connectivity index (χ1n) is 8.97. The van der Waals surface area contributed by atoms with Crippen LogP contribution in [0.5, 0.6) is 0 Å². The van der Waals surface area contributed by atoms with Crippen molar-refractivity contribution in [1.82, 2.24) is 9.55 Å². The van der Waals surface area contributed by atoms with Gasteiger partial charge < -0.3 is 30.9 Å². The molecular formula is C19H30BrClN6. The molecule has 0 aliphatic rings. The van der Waals surface area contributed by atoms with Gasteiger partial charge in [-0.15, -0.1) is 10.2 Å². The molecule has 2 rings (SSSR count). The van der Waals surface area contributed by atoms with Crippen LogP contribution in [0.4, 0.5) is 17.3 Å². The Morgan fingerprint density at radius 2 is 1.96 bits per heavy atom. The summed E-state index contributed by atoms with van der Waals surface area (Å²) in [6.45, 7) is 6.40. The third kappa shape index (κ3) is 6.59. The highest BCUT2D eigenvalue weighted by atomic mass is 79.9. The molecule has 0 radical (unpaired) electrons. The van der Waals surface area contributed by atoms with Gasteiger partial charge >= 0.3 is 0 Å². The first-order chi connectivity index (χ1) is 12.2. The molecule has 0 saturated heterocycles. The quantitative estimate of drug-likeness (QED) is 0.448. The van der Waals surface area contributed by atoms with Crippen molar-refractivity contribution in [3.63, 3.8) is 0 Å². The van der Waals surface area contributed by atoms with Crippen molar-refractivity contribution in [2.24, 2.45) is 17.3 Å². The number of nitrogens with zero attached hydrogens (tertiary/aromatic N) is 6. The fraction of sp³-hybridized carbons (Fsp3) is 0.526. The van der Waals surface area contributed by atoms with Crippen LogP contribution >= 0.6 is 11.6 Å². The summed E-state index contributed by atoms with van der Waals surface area (Å²) in [5, 5.41) is 8.98. The number of rotatable bonds is 8. The Hall–Kier alpha value is -1.44. The molecule has 0 aliphatic carbocycles. The minimum absolute atomic E-state index is 0. The van der Waals surface area contributed by atoms with Crippen molar-refractivity contribution in [3.8, 4) is 0 Å². The third-order valence-corrected chi connectivity index (χ3v) is 5.16. The number of anilines is 1. The number of benzene rings is 1. The van der Waals surface area contributed by atoms with Gasteiger partial charge in [-0.05, 0) is 32.0 Å². The predicted octanol–water partition coefficient (Wildman–Crippen LogP) is 1.80. The minimum atomic E-state index is 0. The van der Waals surface area contributed by atoms with E-state index in [0.29, 0.717) is 22.7 Å². The molecule has 0 N–H and O–H groups in total. The van der Waals surface area contributed by atoms with Gasteiger partial charge in [0.1, 0.15) is 5.69 Å². The molecule has 0 saturated carbocycles. The lowest BCUT2D eigenvalue weighted by Gasteiger charge is -2.33. The molecule has 0 fully saturated rings. The molecule has 1 aromatic heterocycles. The van der Waals surface area contributed by atoms with E-state index in [1.54, 1.807) is 10.8 Å². The van der Waals surface area contributed by atoms with Gasteiger partial charge in [0, 0.05) is 44.6 Å². The van der Waals surface area contributed by atoms with Crippen molar-refractivity contribution in [3.05, 3.63) is 35.6 Å². The van der Waals surface area contributed by atoms with Gasteiger partial charge in [-0.3, -0.25) is 0 Å². The normalized spacial score (nSPS) is 12.9. The summed E-state index contributed by atoms with van der Waals surface area (Å²) in [6, 6.07) is 6.52. The number of halogens is 2. The highest BCUT2D eigenvalue weighted by Gasteiger charge is 2.19. The van der Waals surface area contributed by atoms with E-state index in [1.807, 2.05) is 25.4 Å². The lowest BCUT2D eigenvalue weighted by molar-refractivity contribution is -0.894. The van der Waals surface area contributed by atoms with Crippen molar-refractivity contribution in [2.45, 2.75) is 26.3 Å². The van der Waals surface area contributed by atoms with Gasteiger partial charge in [0.15, 0.2) is 0 Å². The molecule has 1 aromatic carbocycles. The average Bonchev–Trinajstić information content (AvgIpc) is 2.98. The van der Waals surface area contributed by atoms with E-state index < -0.39 is 0 Å². The second kappa shape index (κ2) is 10.2. The summed E-state index contributed by atoms with van der Waals surface area (Å²) in [7, 11) is 8.58. The molecule has 6 nitrogen and oxygen atoms in total. The Morgan fingerprint density at radius 1 is 1.26 bits per heavy atom. The summed E-state index contributed by atoms with van der Waals surface area (Å²) in [5.74, 6) is 0.551. The number of aromatic nitrogens is 2. The zero-order valence-electron chi connectivity index (χ0n) is 17.0. The van der Waals surface area contributed by atoms with Gasteiger partial charge in [0.2, 0.25) is 5.95 Å². The monoisotopic (exact) mass is 456 g/mol. The summed E-state index contributed by atoms with van der Waals surface area (Å²) < 4.78 is 2.77. The lowest BCUT2D eigenvalue weighted by atomic mass is 10.1. The molecule has 2 aromatic rings. The summed E-state index contributed by atoms with van der Waals surface area (Å²) in [4.78, 5) is 6.47. The standard InChI is InChI=1S/C19H30ClN6.BrH/c1-7-25(12-10-15(2)26(4,5)6)16-8-9-18(17(20)14-16)22-23-19-21-11-13-24(19)3;/h8-9,11,13-15H,7,10,12H2,1-6H3;1H/q+1;/p-1/b23-22+;. The van der Waals surface area contributed by atoms with E-state index in [2.05, 4.69) is 61.2 Å². The Kier molecular flexibility index (Phi) is 8.91. The highest BCUT2D eigenvalue weighted by Crippen LogP contribution is 2.31. The Bertz CT molecular complexity index is 753.